The molecule has 0 aliphatic carbocycles. The number of ether oxygens (including phenoxy) is 1. The summed E-state index contributed by atoms with van der Waals surface area (Å²) >= 11 is 0. The highest BCUT2D eigenvalue weighted by Gasteiger charge is 2.28. The van der Waals surface area contributed by atoms with Crippen LogP contribution in [0.15, 0.2) is 18.2 Å². The number of benzene rings is 1. The highest BCUT2D eigenvalue weighted by molar-refractivity contribution is 5.85. The smallest absolute Gasteiger partial charge is 0.389 e. The Hall–Kier alpha value is -1.14. The third-order valence-corrected chi connectivity index (χ3v) is 2.38. The molecule has 3 nitrogen and oxygen atoms in total. The van der Waals surface area contributed by atoms with Crippen molar-refractivity contribution in [1.82, 2.24) is 0 Å². The normalized spacial score (nSPS) is 12.7. The van der Waals surface area contributed by atoms with Gasteiger partial charge in [0.1, 0.15) is 11.5 Å². The van der Waals surface area contributed by atoms with Gasteiger partial charge in [-0.2, -0.15) is 13.2 Å². The van der Waals surface area contributed by atoms with Crippen molar-refractivity contribution < 1.29 is 23.0 Å². The summed E-state index contributed by atoms with van der Waals surface area (Å²) in [6.45, 7) is 0. The topological polar surface area (TPSA) is 55.5 Å². The molecular weight excluding hydrogens is 271 g/mol. The molecule has 0 aliphatic heterocycles. The fourth-order valence-electron chi connectivity index (χ4n) is 1.44. The Labute approximate surface area is 109 Å². The summed E-state index contributed by atoms with van der Waals surface area (Å²) in [5.74, 6) is 0.272. The van der Waals surface area contributed by atoms with Crippen molar-refractivity contribution in [3.05, 3.63) is 23.8 Å². The summed E-state index contributed by atoms with van der Waals surface area (Å²) in [7, 11) is 1.43. The lowest BCUT2D eigenvalue weighted by Crippen LogP contribution is -2.15. The molecule has 0 spiro atoms. The minimum absolute atomic E-state index is 0. The van der Waals surface area contributed by atoms with Crippen molar-refractivity contribution in [2.24, 2.45) is 5.73 Å². The van der Waals surface area contributed by atoms with Crippen LogP contribution in [0.2, 0.25) is 0 Å². The van der Waals surface area contributed by atoms with E-state index in [9.17, 15) is 18.3 Å². The summed E-state index contributed by atoms with van der Waals surface area (Å²) < 4.78 is 40.9. The zero-order chi connectivity index (χ0) is 13.1. The maximum Gasteiger partial charge on any atom is 0.389 e. The number of aromatic hydroxyl groups is 1. The second-order valence-corrected chi connectivity index (χ2v) is 3.69. The largest absolute Gasteiger partial charge is 0.507 e. The van der Waals surface area contributed by atoms with E-state index in [1.807, 2.05) is 0 Å². The molecule has 1 atom stereocenters. The molecular formula is C11H15ClF3NO2. The zero-order valence-corrected chi connectivity index (χ0v) is 10.5. The fraction of sp³-hybridized carbons (Fsp3) is 0.455. The third kappa shape index (κ3) is 5.01. The summed E-state index contributed by atoms with van der Waals surface area (Å²) in [5.41, 5.74) is 5.88. The van der Waals surface area contributed by atoms with Crippen molar-refractivity contribution in [1.29, 1.82) is 0 Å². The lowest BCUT2D eigenvalue weighted by atomic mass is 10.0. The van der Waals surface area contributed by atoms with E-state index in [1.165, 1.54) is 19.2 Å². The number of methoxy groups -OCH3 is 1. The molecule has 0 aliphatic rings. The predicted molar refractivity (Wildman–Crippen MR) is 64.1 cm³/mol. The molecule has 1 aromatic rings. The molecule has 7 heteroatoms. The maximum absolute atomic E-state index is 12.0. The first-order chi connectivity index (χ1) is 7.83. The number of nitrogens with two attached hydrogens (primary N) is 1. The number of halogens is 4. The van der Waals surface area contributed by atoms with Crippen molar-refractivity contribution in [2.45, 2.75) is 25.1 Å². The van der Waals surface area contributed by atoms with Gasteiger partial charge in [0.25, 0.3) is 0 Å². The second kappa shape index (κ2) is 6.70. The van der Waals surface area contributed by atoms with Crippen LogP contribution in [0.4, 0.5) is 13.2 Å². The van der Waals surface area contributed by atoms with Gasteiger partial charge in [-0.1, -0.05) is 6.07 Å². The van der Waals surface area contributed by atoms with E-state index in [2.05, 4.69) is 0 Å². The summed E-state index contributed by atoms with van der Waals surface area (Å²) in [4.78, 5) is 0. The van der Waals surface area contributed by atoms with Crippen LogP contribution in [0.5, 0.6) is 11.5 Å². The van der Waals surface area contributed by atoms with E-state index in [-0.39, 0.29) is 30.1 Å². The second-order valence-electron chi connectivity index (χ2n) is 3.69. The summed E-state index contributed by atoms with van der Waals surface area (Å²) in [6.07, 6.45) is -5.47. The standard InChI is InChI=1S/C11H14F3NO2.ClH/c1-17-7-2-3-8(10(16)6-7)9(15)4-5-11(12,13)14;/h2-3,6,9,16H,4-5,15H2,1H3;1H/t9-;/m1./s1. The molecule has 104 valence electrons. The zero-order valence-electron chi connectivity index (χ0n) is 9.70. The van der Waals surface area contributed by atoms with Gasteiger partial charge < -0.3 is 15.6 Å². The number of rotatable bonds is 4. The predicted octanol–water partition coefficient (Wildman–Crippen LogP) is 3.16. The molecule has 3 N–H and O–H groups in total. The van der Waals surface area contributed by atoms with Crippen LogP contribution in [-0.4, -0.2) is 18.4 Å². The molecule has 18 heavy (non-hydrogen) atoms. The minimum atomic E-state index is -4.24. The Morgan fingerprint density at radius 3 is 2.44 bits per heavy atom. The van der Waals surface area contributed by atoms with Gasteiger partial charge in [-0.15, -0.1) is 12.4 Å². The maximum atomic E-state index is 12.0. The van der Waals surface area contributed by atoms with E-state index >= 15 is 0 Å². The monoisotopic (exact) mass is 285 g/mol. The molecule has 0 aromatic heterocycles. The lowest BCUT2D eigenvalue weighted by Gasteiger charge is -2.15. The first-order valence-electron chi connectivity index (χ1n) is 5.02. The lowest BCUT2D eigenvalue weighted by molar-refractivity contribution is -0.136. The quantitative estimate of drug-likeness (QED) is 0.893. The van der Waals surface area contributed by atoms with Gasteiger partial charge in [-0.05, 0) is 12.5 Å². The van der Waals surface area contributed by atoms with Crippen molar-refractivity contribution in [2.75, 3.05) is 7.11 Å². The van der Waals surface area contributed by atoms with E-state index in [0.29, 0.717) is 5.75 Å². The van der Waals surface area contributed by atoms with Crippen molar-refractivity contribution in [3.8, 4) is 11.5 Å². The molecule has 0 saturated carbocycles. The number of phenols is 1. The summed E-state index contributed by atoms with van der Waals surface area (Å²) in [6, 6.07) is 3.49. The van der Waals surface area contributed by atoms with Gasteiger partial charge in [0.2, 0.25) is 0 Å². The Bertz CT molecular complexity index is 385. The van der Waals surface area contributed by atoms with E-state index in [4.69, 9.17) is 10.5 Å². The SMILES string of the molecule is COc1ccc([C@H](N)CCC(F)(F)F)c(O)c1.Cl. The van der Waals surface area contributed by atoms with Crippen LogP contribution in [0.1, 0.15) is 24.4 Å². The van der Waals surface area contributed by atoms with E-state index in [0.717, 1.165) is 0 Å². The molecule has 0 unspecified atom stereocenters. The molecule has 0 heterocycles. The van der Waals surface area contributed by atoms with Crippen LogP contribution >= 0.6 is 12.4 Å². The Balaban J connectivity index is 0.00000289. The first-order valence-corrected chi connectivity index (χ1v) is 5.02. The summed E-state index contributed by atoms with van der Waals surface area (Å²) in [5, 5.41) is 9.58. The average Bonchev–Trinajstić information content (AvgIpc) is 2.24. The van der Waals surface area contributed by atoms with Gasteiger partial charge >= 0.3 is 6.18 Å². The molecule has 1 rings (SSSR count). The Morgan fingerprint density at radius 2 is 2.00 bits per heavy atom. The number of hydrogen-bond acceptors (Lipinski definition) is 3. The van der Waals surface area contributed by atoms with Gasteiger partial charge in [-0.3, -0.25) is 0 Å². The minimum Gasteiger partial charge on any atom is -0.507 e. The van der Waals surface area contributed by atoms with Gasteiger partial charge in [0.05, 0.1) is 7.11 Å². The Morgan fingerprint density at radius 1 is 1.39 bits per heavy atom. The highest BCUT2D eigenvalue weighted by Crippen LogP contribution is 2.32. The van der Waals surface area contributed by atoms with Crippen LogP contribution < -0.4 is 10.5 Å². The van der Waals surface area contributed by atoms with E-state index in [1.54, 1.807) is 6.07 Å². The number of alkyl halides is 3. The Kier molecular flexibility index (Phi) is 6.28. The van der Waals surface area contributed by atoms with Crippen LogP contribution in [0, 0.1) is 0 Å². The van der Waals surface area contributed by atoms with Crippen molar-refractivity contribution in [3.63, 3.8) is 0 Å². The third-order valence-electron chi connectivity index (χ3n) is 2.38. The fourth-order valence-corrected chi connectivity index (χ4v) is 1.44. The number of hydrogen-bond donors (Lipinski definition) is 2. The van der Waals surface area contributed by atoms with Crippen molar-refractivity contribution >= 4 is 12.4 Å². The van der Waals surface area contributed by atoms with Gasteiger partial charge in [-0.25, -0.2) is 0 Å². The molecule has 0 amide bonds. The van der Waals surface area contributed by atoms with Crippen LogP contribution in [0.3, 0.4) is 0 Å². The first kappa shape index (κ1) is 16.9. The van der Waals surface area contributed by atoms with E-state index < -0.39 is 18.6 Å². The molecule has 0 fully saturated rings. The molecule has 0 radical (unpaired) electrons. The van der Waals surface area contributed by atoms with Gasteiger partial charge in [0, 0.05) is 24.1 Å². The van der Waals surface area contributed by atoms with Gasteiger partial charge in [0.15, 0.2) is 0 Å². The highest BCUT2D eigenvalue weighted by atomic mass is 35.5. The molecule has 1 aromatic carbocycles. The van der Waals surface area contributed by atoms with Crippen LogP contribution in [-0.2, 0) is 0 Å². The van der Waals surface area contributed by atoms with Crippen LogP contribution in [0.25, 0.3) is 0 Å². The molecule has 0 saturated heterocycles. The molecule has 0 bridgehead atoms. The average molecular weight is 286 g/mol. The number of phenolic OH excluding ortho intramolecular Hbond substituents is 1.